The number of thiocarbonyl (C=S) groups is 1. The van der Waals surface area contributed by atoms with Gasteiger partial charge >= 0.3 is 0 Å². The van der Waals surface area contributed by atoms with Gasteiger partial charge in [0.1, 0.15) is 12.3 Å². The Bertz CT molecular complexity index is 897. The molecule has 27 heavy (non-hydrogen) atoms. The fourth-order valence-electron chi connectivity index (χ4n) is 2.53. The number of ether oxygens (including phenoxy) is 2. The summed E-state index contributed by atoms with van der Waals surface area (Å²) in [6.07, 6.45) is 1.74. The van der Waals surface area contributed by atoms with Gasteiger partial charge in [-0.25, -0.2) is 0 Å². The van der Waals surface area contributed by atoms with E-state index in [2.05, 4.69) is 5.32 Å². The van der Waals surface area contributed by atoms with Gasteiger partial charge in [0.05, 0.1) is 6.61 Å². The standard InChI is InChI=1S/C20H19ClN2O3S/c1-3-25-18-11-14(10-16-19(24)23(2)20(27)22-16)6-9-17(18)26-12-13-4-7-15(21)8-5-13/h4-11H,3,12H2,1-2H3,(H,22,27). The van der Waals surface area contributed by atoms with Gasteiger partial charge in [0, 0.05) is 12.1 Å². The lowest BCUT2D eigenvalue weighted by molar-refractivity contribution is -0.121. The van der Waals surface area contributed by atoms with Gasteiger partial charge in [-0.15, -0.1) is 0 Å². The maximum atomic E-state index is 12.1. The normalized spacial score (nSPS) is 15.2. The van der Waals surface area contributed by atoms with Crippen molar-refractivity contribution in [3.05, 3.63) is 64.3 Å². The van der Waals surface area contributed by atoms with Crippen LogP contribution in [0.25, 0.3) is 6.08 Å². The second kappa shape index (κ2) is 8.41. The molecule has 3 rings (SSSR count). The quantitative estimate of drug-likeness (QED) is 0.584. The van der Waals surface area contributed by atoms with Gasteiger partial charge in [-0.1, -0.05) is 29.8 Å². The Labute approximate surface area is 168 Å². The van der Waals surface area contributed by atoms with Gasteiger partial charge < -0.3 is 14.8 Å². The first kappa shape index (κ1) is 19.2. The van der Waals surface area contributed by atoms with E-state index in [4.69, 9.17) is 33.3 Å². The number of carbonyl (C=O) groups is 1. The lowest BCUT2D eigenvalue weighted by Gasteiger charge is -2.13. The third-order valence-electron chi connectivity index (χ3n) is 3.97. The monoisotopic (exact) mass is 402 g/mol. The first-order valence-corrected chi connectivity index (χ1v) is 9.21. The van der Waals surface area contributed by atoms with E-state index in [0.29, 0.717) is 40.5 Å². The molecule has 1 heterocycles. The number of carbonyl (C=O) groups excluding carboxylic acids is 1. The number of hydrogen-bond donors (Lipinski definition) is 1. The van der Waals surface area contributed by atoms with Crippen LogP contribution in [0.15, 0.2) is 48.2 Å². The zero-order chi connectivity index (χ0) is 19.4. The molecule has 140 valence electrons. The molecule has 0 radical (unpaired) electrons. The molecule has 0 bridgehead atoms. The van der Waals surface area contributed by atoms with E-state index >= 15 is 0 Å². The maximum Gasteiger partial charge on any atom is 0.276 e. The van der Waals surface area contributed by atoms with E-state index in [9.17, 15) is 4.79 Å². The van der Waals surface area contributed by atoms with Gasteiger partial charge in [0.15, 0.2) is 16.6 Å². The molecule has 7 heteroatoms. The van der Waals surface area contributed by atoms with Crippen LogP contribution in [0.4, 0.5) is 0 Å². The molecule has 0 unspecified atom stereocenters. The molecule has 1 fully saturated rings. The average Bonchev–Trinajstić information content (AvgIpc) is 2.89. The predicted molar refractivity (Wildman–Crippen MR) is 110 cm³/mol. The van der Waals surface area contributed by atoms with Crippen molar-refractivity contribution in [2.24, 2.45) is 0 Å². The summed E-state index contributed by atoms with van der Waals surface area (Å²) in [5, 5.41) is 3.98. The molecule has 1 N–H and O–H groups in total. The van der Waals surface area contributed by atoms with Gasteiger partial charge in [-0.05, 0) is 60.6 Å². The van der Waals surface area contributed by atoms with Crippen molar-refractivity contribution in [1.29, 1.82) is 0 Å². The molecule has 2 aromatic rings. The molecule has 0 spiro atoms. The molecule has 1 amide bonds. The molecule has 1 aliphatic rings. The first-order valence-electron chi connectivity index (χ1n) is 8.42. The average molecular weight is 403 g/mol. The summed E-state index contributed by atoms with van der Waals surface area (Å²) in [6, 6.07) is 13.0. The third-order valence-corrected chi connectivity index (χ3v) is 4.60. The number of nitrogens with zero attached hydrogens (tertiary/aromatic N) is 1. The molecule has 0 aromatic heterocycles. The van der Waals surface area contributed by atoms with Crippen LogP contribution in [0.5, 0.6) is 11.5 Å². The van der Waals surface area contributed by atoms with E-state index in [-0.39, 0.29) is 5.91 Å². The summed E-state index contributed by atoms with van der Waals surface area (Å²) in [5.74, 6) is 1.08. The highest BCUT2D eigenvalue weighted by atomic mass is 35.5. The Balaban J connectivity index is 1.79. The van der Waals surface area contributed by atoms with Crippen molar-refractivity contribution in [2.45, 2.75) is 13.5 Å². The summed E-state index contributed by atoms with van der Waals surface area (Å²) in [6.45, 7) is 2.81. The number of benzene rings is 2. The Morgan fingerprint density at radius 1 is 1.15 bits per heavy atom. The summed E-state index contributed by atoms with van der Waals surface area (Å²) >= 11 is 11.0. The van der Waals surface area contributed by atoms with E-state index in [1.54, 1.807) is 13.1 Å². The first-order chi connectivity index (χ1) is 13.0. The molecule has 1 aliphatic heterocycles. The zero-order valence-corrected chi connectivity index (χ0v) is 16.6. The second-order valence-electron chi connectivity index (χ2n) is 5.91. The number of nitrogens with one attached hydrogen (secondary N) is 1. The van der Waals surface area contributed by atoms with Gasteiger partial charge in [-0.3, -0.25) is 9.69 Å². The van der Waals surface area contributed by atoms with Crippen molar-refractivity contribution < 1.29 is 14.3 Å². The molecular formula is C20H19ClN2O3S. The Morgan fingerprint density at radius 2 is 1.89 bits per heavy atom. The Morgan fingerprint density at radius 3 is 2.52 bits per heavy atom. The molecule has 0 aliphatic carbocycles. The van der Waals surface area contributed by atoms with E-state index in [1.807, 2.05) is 49.4 Å². The molecular weight excluding hydrogens is 384 g/mol. The van der Waals surface area contributed by atoms with Crippen molar-refractivity contribution in [3.8, 4) is 11.5 Å². The van der Waals surface area contributed by atoms with Crippen LogP contribution >= 0.6 is 23.8 Å². The molecule has 0 atom stereocenters. The van der Waals surface area contributed by atoms with E-state index < -0.39 is 0 Å². The minimum Gasteiger partial charge on any atom is -0.490 e. The fraction of sp³-hybridized carbons (Fsp3) is 0.200. The smallest absolute Gasteiger partial charge is 0.276 e. The maximum absolute atomic E-state index is 12.1. The van der Waals surface area contributed by atoms with Crippen molar-refractivity contribution >= 4 is 40.9 Å². The largest absolute Gasteiger partial charge is 0.490 e. The van der Waals surface area contributed by atoms with E-state index in [0.717, 1.165) is 11.1 Å². The molecule has 0 saturated carbocycles. The van der Waals surface area contributed by atoms with E-state index in [1.165, 1.54) is 4.90 Å². The van der Waals surface area contributed by atoms with Crippen molar-refractivity contribution in [1.82, 2.24) is 10.2 Å². The second-order valence-corrected chi connectivity index (χ2v) is 6.73. The Kier molecular flexibility index (Phi) is 5.98. The minimum absolute atomic E-state index is 0.166. The van der Waals surface area contributed by atoms with Crippen molar-refractivity contribution in [3.63, 3.8) is 0 Å². The number of rotatable bonds is 6. The number of halogens is 1. The third kappa shape index (κ3) is 4.59. The molecule has 5 nitrogen and oxygen atoms in total. The van der Waals surface area contributed by atoms with Crippen LogP contribution in [0.3, 0.4) is 0 Å². The SMILES string of the molecule is CCOc1cc(C=C2NC(=S)N(C)C2=O)ccc1OCc1ccc(Cl)cc1. The van der Waals surface area contributed by atoms with Crippen molar-refractivity contribution in [2.75, 3.05) is 13.7 Å². The Hall–Kier alpha value is -2.57. The van der Waals surface area contributed by atoms with Crippen LogP contribution in [-0.2, 0) is 11.4 Å². The van der Waals surface area contributed by atoms with Crippen LogP contribution in [-0.4, -0.2) is 29.6 Å². The fourth-order valence-corrected chi connectivity index (χ4v) is 2.85. The lowest BCUT2D eigenvalue weighted by Crippen LogP contribution is -2.25. The van der Waals surface area contributed by atoms with Crippen LogP contribution in [0.1, 0.15) is 18.1 Å². The van der Waals surface area contributed by atoms with Crippen LogP contribution in [0, 0.1) is 0 Å². The number of hydrogen-bond acceptors (Lipinski definition) is 4. The summed E-state index contributed by atoms with van der Waals surface area (Å²) in [5.41, 5.74) is 2.25. The van der Waals surface area contributed by atoms with Gasteiger partial charge in [-0.2, -0.15) is 0 Å². The predicted octanol–water partition coefficient (Wildman–Crippen LogP) is 4.01. The molecule has 2 aromatic carbocycles. The zero-order valence-electron chi connectivity index (χ0n) is 15.0. The summed E-state index contributed by atoms with van der Waals surface area (Å²) < 4.78 is 11.6. The highest BCUT2D eigenvalue weighted by Gasteiger charge is 2.27. The van der Waals surface area contributed by atoms with Crippen LogP contribution < -0.4 is 14.8 Å². The number of amides is 1. The van der Waals surface area contributed by atoms with Crippen LogP contribution in [0.2, 0.25) is 5.02 Å². The number of likely N-dealkylation sites (N-methyl/N-ethyl adjacent to an activating group) is 1. The molecule has 1 saturated heterocycles. The highest BCUT2D eigenvalue weighted by molar-refractivity contribution is 7.80. The van der Waals surface area contributed by atoms with Gasteiger partial charge in [0.2, 0.25) is 0 Å². The highest BCUT2D eigenvalue weighted by Crippen LogP contribution is 2.30. The summed E-state index contributed by atoms with van der Waals surface area (Å²) in [4.78, 5) is 13.5. The topological polar surface area (TPSA) is 50.8 Å². The minimum atomic E-state index is -0.166. The lowest BCUT2D eigenvalue weighted by atomic mass is 10.1. The summed E-state index contributed by atoms with van der Waals surface area (Å²) in [7, 11) is 1.64. The van der Waals surface area contributed by atoms with Gasteiger partial charge in [0.25, 0.3) is 5.91 Å².